The molecule has 0 amide bonds. The summed E-state index contributed by atoms with van der Waals surface area (Å²) in [5, 5.41) is 7.39. The highest BCUT2D eigenvalue weighted by Crippen LogP contribution is 2.37. The number of hydrogen-bond donors (Lipinski definition) is 0. The van der Waals surface area contributed by atoms with Crippen LogP contribution in [0.15, 0.2) is 97.2 Å². The molecular weight excluding hydrogens is 552 g/mol. The molecule has 0 saturated carbocycles. The molecule has 0 radical (unpaired) electrons. The van der Waals surface area contributed by atoms with Crippen LogP contribution in [0.3, 0.4) is 0 Å². The van der Waals surface area contributed by atoms with Gasteiger partial charge in [0.2, 0.25) is 0 Å². The number of hydrogen-bond acceptors (Lipinski definition) is 3. The van der Waals surface area contributed by atoms with Crippen LogP contribution in [0, 0.1) is 34.6 Å². The van der Waals surface area contributed by atoms with Crippen molar-refractivity contribution >= 4 is 21.8 Å². The summed E-state index contributed by atoms with van der Waals surface area (Å²) in [6, 6.07) is 31.7. The average Bonchev–Trinajstić information content (AvgIpc) is 3.50. The Hall–Kier alpha value is -5.16. The zero-order valence-electron chi connectivity index (χ0n) is 26.8. The van der Waals surface area contributed by atoms with Gasteiger partial charge in [-0.15, -0.1) is 0 Å². The summed E-state index contributed by atoms with van der Waals surface area (Å²) in [6.45, 7) is 13.0. The van der Waals surface area contributed by atoms with Gasteiger partial charge in [-0.2, -0.15) is 5.10 Å². The Balaban J connectivity index is 1.28. The zero-order valence-corrected chi connectivity index (χ0v) is 26.8. The van der Waals surface area contributed by atoms with E-state index < -0.39 is 0 Å². The van der Waals surface area contributed by atoms with E-state index in [0.29, 0.717) is 0 Å². The highest BCUT2D eigenvalue weighted by atomic mass is 16.5. The molecule has 0 unspecified atom stereocenters. The van der Waals surface area contributed by atoms with Gasteiger partial charge in [0.25, 0.3) is 0 Å². The van der Waals surface area contributed by atoms with Crippen molar-refractivity contribution in [1.82, 2.24) is 19.3 Å². The first-order chi connectivity index (χ1) is 21.8. The highest BCUT2D eigenvalue weighted by Gasteiger charge is 2.20. The maximum absolute atomic E-state index is 6.53. The molecule has 0 N–H and O–H groups in total. The molecular formula is C40H38N4O. The molecule has 3 aromatic heterocycles. The van der Waals surface area contributed by atoms with Crippen LogP contribution in [0.1, 0.15) is 47.0 Å². The predicted octanol–water partition coefficient (Wildman–Crippen LogP) is 10.3. The number of benzene rings is 4. The molecule has 0 bridgehead atoms. The number of aryl methyl sites for hydroxylation is 5. The standard InChI is InChI=1S/C40H38N4O/c1-7-11-30-21-26(3)20-27(4)39(30)40-28(5)42-44(29(40)6)31-12-10-13-32(23-31)45-33-16-17-35-34-14-8-9-15-36(34)43(37(35)24-33)38-22-25(2)18-19-41-38/h8-10,12-24H,7,11H2,1-6H3. The van der Waals surface area contributed by atoms with Gasteiger partial charge in [0.15, 0.2) is 0 Å². The molecule has 3 heterocycles. The quantitative estimate of drug-likeness (QED) is 0.186. The Morgan fingerprint density at radius 3 is 2.31 bits per heavy atom. The molecule has 0 spiro atoms. The first kappa shape index (κ1) is 28.6. The Kier molecular flexibility index (Phi) is 7.25. The molecule has 45 heavy (non-hydrogen) atoms. The maximum Gasteiger partial charge on any atom is 0.137 e. The molecule has 7 aromatic rings. The fourth-order valence-electron chi connectivity index (χ4n) is 6.85. The van der Waals surface area contributed by atoms with Crippen molar-refractivity contribution in [3.05, 3.63) is 131 Å². The van der Waals surface area contributed by atoms with Gasteiger partial charge in [0.05, 0.1) is 22.4 Å². The number of ether oxygens (including phenoxy) is 1. The van der Waals surface area contributed by atoms with Crippen molar-refractivity contribution in [1.29, 1.82) is 0 Å². The van der Waals surface area contributed by atoms with Crippen molar-refractivity contribution in [2.24, 2.45) is 0 Å². The average molecular weight is 591 g/mol. The van der Waals surface area contributed by atoms with E-state index in [1.54, 1.807) is 0 Å². The van der Waals surface area contributed by atoms with E-state index in [1.165, 1.54) is 44.2 Å². The molecule has 5 nitrogen and oxygen atoms in total. The number of pyridine rings is 1. The topological polar surface area (TPSA) is 44.9 Å². The summed E-state index contributed by atoms with van der Waals surface area (Å²) >= 11 is 0. The van der Waals surface area contributed by atoms with Crippen molar-refractivity contribution < 1.29 is 4.74 Å². The van der Waals surface area contributed by atoms with Crippen LogP contribution < -0.4 is 4.74 Å². The Bertz CT molecular complexity index is 2220. The molecule has 224 valence electrons. The van der Waals surface area contributed by atoms with Crippen LogP contribution in [0.4, 0.5) is 0 Å². The normalized spacial score (nSPS) is 11.5. The lowest BCUT2D eigenvalue weighted by atomic mass is 9.90. The minimum atomic E-state index is 0.760. The van der Waals surface area contributed by atoms with Crippen molar-refractivity contribution in [3.8, 4) is 34.1 Å². The van der Waals surface area contributed by atoms with Crippen molar-refractivity contribution in [2.75, 3.05) is 0 Å². The summed E-state index contributed by atoms with van der Waals surface area (Å²) in [4.78, 5) is 4.72. The van der Waals surface area contributed by atoms with Gasteiger partial charge in [-0.3, -0.25) is 4.57 Å². The smallest absolute Gasteiger partial charge is 0.137 e. The van der Waals surface area contributed by atoms with E-state index in [9.17, 15) is 0 Å². The lowest BCUT2D eigenvalue weighted by Gasteiger charge is -2.15. The third-order valence-electron chi connectivity index (χ3n) is 8.70. The summed E-state index contributed by atoms with van der Waals surface area (Å²) in [5.74, 6) is 2.42. The van der Waals surface area contributed by atoms with E-state index in [-0.39, 0.29) is 0 Å². The molecule has 0 aliphatic carbocycles. The van der Waals surface area contributed by atoms with E-state index in [1.807, 2.05) is 30.5 Å². The minimum Gasteiger partial charge on any atom is -0.457 e. The third-order valence-corrected chi connectivity index (χ3v) is 8.70. The van der Waals surface area contributed by atoms with Gasteiger partial charge in [-0.05, 0) is 106 Å². The third kappa shape index (κ3) is 5.08. The van der Waals surface area contributed by atoms with Gasteiger partial charge in [0, 0.05) is 40.4 Å². The zero-order chi connectivity index (χ0) is 31.2. The summed E-state index contributed by atoms with van der Waals surface area (Å²) in [5.41, 5.74) is 13.0. The summed E-state index contributed by atoms with van der Waals surface area (Å²) < 4.78 is 10.8. The number of nitrogens with zero attached hydrogens (tertiary/aromatic N) is 4. The fraction of sp³-hybridized carbons (Fsp3) is 0.200. The van der Waals surface area contributed by atoms with Gasteiger partial charge in [0.1, 0.15) is 17.3 Å². The van der Waals surface area contributed by atoms with Gasteiger partial charge >= 0.3 is 0 Å². The van der Waals surface area contributed by atoms with Gasteiger partial charge in [-0.25, -0.2) is 9.67 Å². The van der Waals surface area contributed by atoms with E-state index in [2.05, 4.69) is 118 Å². The first-order valence-corrected chi connectivity index (χ1v) is 15.7. The number of rotatable bonds is 7. The van der Waals surface area contributed by atoms with Crippen molar-refractivity contribution in [3.63, 3.8) is 0 Å². The molecule has 0 atom stereocenters. The van der Waals surface area contributed by atoms with Gasteiger partial charge in [-0.1, -0.05) is 55.3 Å². The molecule has 5 heteroatoms. The Labute approximate surface area is 264 Å². The predicted molar refractivity (Wildman–Crippen MR) is 185 cm³/mol. The molecule has 4 aromatic carbocycles. The second-order valence-corrected chi connectivity index (χ2v) is 12.1. The molecule has 0 aliphatic rings. The van der Waals surface area contributed by atoms with E-state index in [0.717, 1.165) is 58.3 Å². The SMILES string of the molecule is CCCc1cc(C)cc(C)c1-c1c(C)nn(-c2cccc(Oc3ccc4c5ccccc5n(-c5cc(C)ccn5)c4c3)c2)c1C. The van der Waals surface area contributed by atoms with Gasteiger partial charge < -0.3 is 4.74 Å². The van der Waals surface area contributed by atoms with Crippen LogP contribution in [-0.2, 0) is 6.42 Å². The van der Waals surface area contributed by atoms with Crippen LogP contribution in [0.25, 0.3) is 44.4 Å². The number of para-hydroxylation sites is 1. The van der Waals surface area contributed by atoms with E-state index >= 15 is 0 Å². The summed E-state index contributed by atoms with van der Waals surface area (Å²) in [6.07, 6.45) is 4.02. The van der Waals surface area contributed by atoms with Crippen LogP contribution >= 0.6 is 0 Å². The second kappa shape index (κ2) is 11.4. The Morgan fingerprint density at radius 1 is 0.689 bits per heavy atom. The Morgan fingerprint density at radius 2 is 1.49 bits per heavy atom. The maximum atomic E-state index is 6.53. The van der Waals surface area contributed by atoms with Crippen LogP contribution in [-0.4, -0.2) is 19.3 Å². The lowest BCUT2D eigenvalue weighted by molar-refractivity contribution is 0.482. The first-order valence-electron chi connectivity index (χ1n) is 15.7. The monoisotopic (exact) mass is 590 g/mol. The summed E-state index contributed by atoms with van der Waals surface area (Å²) in [7, 11) is 0. The lowest BCUT2D eigenvalue weighted by Crippen LogP contribution is -2.00. The molecule has 0 fully saturated rings. The highest BCUT2D eigenvalue weighted by molar-refractivity contribution is 6.09. The van der Waals surface area contributed by atoms with E-state index in [4.69, 9.17) is 14.8 Å². The molecule has 0 aliphatic heterocycles. The fourth-order valence-corrected chi connectivity index (χ4v) is 6.85. The number of fused-ring (bicyclic) bond motifs is 3. The second-order valence-electron chi connectivity index (χ2n) is 12.1. The molecule has 0 saturated heterocycles. The number of aromatic nitrogens is 4. The largest absolute Gasteiger partial charge is 0.457 e. The van der Waals surface area contributed by atoms with Crippen LogP contribution in [0.5, 0.6) is 11.5 Å². The van der Waals surface area contributed by atoms with Crippen LogP contribution in [0.2, 0.25) is 0 Å². The van der Waals surface area contributed by atoms with Crippen molar-refractivity contribution in [2.45, 2.75) is 54.4 Å². The molecule has 7 rings (SSSR count). The minimum absolute atomic E-state index is 0.760.